The molecule has 0 N–H and O–H groups in total. The molecule has 78 valence electrons. The molecule has 0 heterocycles. The molecule has 0 radical (unpaired) electrons. The lowest BCUT2D eigenvalue weighted by atomic mass is 10.6. The van der Waals surface area contributed by atoms with Crippen molar-refractivity contribution >= 4 is 8.07 Å². The van der Waals surface area contributed by atoms with Crippen molar-refractivity contribution in [3.05, 3.63) is 12.2 Å². The molecule has 0 unspecified atom stereocenters. The lowest BCUT2D eigenvalue weighted by molar-refractivity contribution is 0.347. The average molecular weight is 199 g/mol. The molecule has 1 nitrogen and oxygen atoms in total. The first-order valence-electron chi connectivity index (χ1n) is 5.39. The predicted octanol–water partition coefficient (Wildman–Crippen LogP) is 3.15. The van der Waals surface area contributed by atoms with Gasteiger partial charge in [-0.2, -0.15) is 0 Å². The van der Waals surface area contributed by atoms with Crippen LogP contribution in [0, 0.1) is 0 Å². The van der Waals surface area contributed by atoms with Crippen LogP contribution in [0.4, 0.5) is 0 Å². The molecule has 0 atom stereocenters. The van der Waals surface area contributed by atoms with E-state index in [9.17, 15) is 0 Å². The summed E-state index contributed by atoms with van der Waals surface area (Å²) in [6, 6.07) is 1.32. The van der Waals surface area contributed by atoms with Crippen molar-refractivity contribution in [3.63, 3.8) is 0 Å². The van der Waals surface area contributed by atoms with Gasteiger partial charge in [0.25, 0.3) is 0 Å². The summed E-state index contributed by atoms with van der Waals surface area (Å²) in [5.74, 6) is 0. The Balaban J connectivity index is 3.97. The molecule has 2 heteroatoms. The van der Waals surface area contributed by atoms with E-state index in [0.29, 0.717) is 0 Å². The van der Waals surface area contributed by atoms with Gasteiger partial charge >= 0.3 is 0 Å². The molecule has 0 aromatic rings. The van der Waals surface area contributed by atoms with Crippen LogP contribution in [0.15, 0.2) is 12.2 Å². The second kappa shape index (κ2) is 6.38. The molecule has 0 aliphatic heterocycles. The van der Waals surface area contributed by atoms with E-state index in [1.807, 2.05) is 0 Å². The summed E-state index contributed by atoms with van der Waals surface area (Å²) >= 11 is 0. The van der Waals surface area contributed by atoms with Crippen molar-refractivity contribution in [2.75, 3.05) is 19.3 Å². The van der Waals surface area contributed by atoms with Crippen molar-refractivity contribution in [1.82, 2.24) is 4.90 Å². The van der Waals surface area contributed by atoms with Gasteiger partial charge in [-0.3, -0.25) is 0 Å². The predicted molar refractivity (Wildman–Crippen MR) is 64.9 cm³/mol. The van der Waals surface area contributed by atoms with Crippen molar-refractivity contribution < 1.29 is 0 Å². The lowest BCUT2D eigenvalue weighted by Gasteiger charge is -2.28. The fourth-order valence-electron chi connectivity index (χ4n) is 1.55. The second-order valence-electron chi connectivity index (χ2n) is 4.40. The molecule has 0 aromatic carbocycles. The van der Waals surface area contributed by atoms with Gasteiger partial charge in [-0.25, -0.2) is 0 Å². The summed E-state index contributed by atoms with van der Waals surface area (Å²) < 4.78 is 0. The van der Waals surface area contributed by atoms with E-state index < -0.39 is 8.07 Å². The zero-order valence-electron chi connectivity index (χ0n) is 9.93. The van der Waals surface area contributed by atoms with Gasteiger partial charge in [-0.15, -0.1) is 0 Å². The quantitative estimate of drug-likeness (QED) is 0.469. The van der Waals surface area contributed by atoms with Crippen molar-refractivity contribution in [1.29, 1.82) is 0 Å². The largest absolute Gasteiger partial charge is 0.307 e. The molecule has 0 rings (SSSR count). The average Bonchev–Trinajstić information content (AvgIpc) is 2.11. The van der Waals surface area contributed by atoms with Crippen molar-refractivity contribution in [2.24, 2.45) is 0 Å². The summed E-state index contributed by atoms with van der Waals surface area (Å²) in [6.45, 7) is 14.0. The number of rotatable bonds is 6. The topological polar surface area (TPSA) is 3.24 Å². The summed E-state index contributed by atoms with van der Waals surface area (Å²) in [6.07, 6.45) is 5.84. The van der Waals surface area contributed by atoms with Gasteiger partial charge < -0.3 is 4.90 Å². The molecule has 0 spiro atoms. The number of allylic oxidation sites excluding steroid dienone is 2. The Morgan fingerprint density at radius 3 is 2.08 bits per heavy atom. The summed E-state index contributed by atoms with van der Waals surface area (Å²) in [7, 11) is -0.990. The Morgan fingerprint density at radius 2 is 1.69 bits per heavy atom. The molecule has 0 fully saturated rings. The minimum atomic E-state index is -0.990. The maximum absolute atomic E-state index is 2.55. The highest BCUT2D eigenvalue weighted by Gasteiger charge is 2.21. The number of nitrogens with zero attached hydrogens (tertiary/aromatic N) is 1. The summed E-state index contributed by atoms with van der Waals surface area (Å²) in [5, 5.41) is 0. The third kappa shape index (κ3) is 6.05. The van der Waals surface area contributed by atoms with Crippen LogP contribution in [0.5, 0.6) is 0 Å². The van der Waals surface area contributed by atoms with Crippen LogP contribution in [0.25, 0.3) is 0 Å². The second-order valence-corrected chi connectivity index (χ2v) is 9.45. The van der Waals surface area contributed by atoms with Gasteiger partial charge in [0.15, 0.2) is 0 Å². The van der Waals surface area contributed by atoms with E-state index >= 15 is 0 Å². The third-order valence-electron chi connectivity index (χ3n) is 2.45. The smallest absolute Gasteiger partial charge is 0.0666 e. The Morgan fingerprint density at radius 1 is 1.15 bits per heavy atom. The molecule has 0 aliphatic rings. The van der Waals surface area contributed by atoms with E-state index in [4.69, 9.17) is 0 Å². The fraction of sp³-hybridized carbons (Fsp3) is 0.818. The van der Waals surface area contributed by atoms with Crippen LogP contribution >= 0.6 is 0 Å². The SMILES string of the molecule is CC=CC[Si](C)(C)CN(CC)CC. The van der Waals surface area contributed by atoms with Crippen molar-refractivity contribution in [3.8, 4) is 0 Å². The van der Waals surface area contributed by atoms with Gasteiger partial charge in [0.2, 0.25) is 0 Å². The molecule has 13 heavy (non-hydrogen) atoms. The van der Waals surface area contributed by atoms with Gasteiger partial charge in [-0.1, -0.05) is 39.1 Å². The van der Waals surface area contributed by atoms with E-state index in [0.717, 1.165) is 0 Å². The van der Waals surface area contributed by atoms with Crippen LogP contribution < -0.4 is 0 Å². The normalized spacial score (nSPS) is 13.1. The summed E-state index contributed by atoms with van der Waals surface area (Å²) in [4.78, 5) is 2.55. The first-order valence-corrected chi connectivity index (χ1v) is 8.80. The molecule has 0 aliphatic carbocycles. The van der Waals surface area contributed by atoms with Crippen molar-refractivity contribution in [2.45, 2.75) is 39.9 Å². The monoisotopic (exact) mass is 199 g/mol. The van der Waals surface area contributed by atoms with Gasteiger partial charge in [0.05, 0.1) is 8.07 Å². The Bertz CT molecular complexity index is 148. The van der Waals surface area contributed by atoms with E-state index in [-0.39, 0.29) is 0 Å². The summed E-state index contributed by atoms with van der Waals surface area (Å²) in [5.41, 5.74) is 0. The van der Waals surface area contributed by atoms with Crippen LogP contribution in [-0.4, -0.2) is 32.2 Å². The van der Waals surface area contributed by atoms with Crippen LogP contribution in [0.3, 0.4) is 0 Å². The maximum atomic E-state index is 2.55. The van der Waals surface area contributed by atoms with Crippen LogP contribution in [0.2, 0.25) is 19.1 Å². The molecular formula is C11H25NSi. The fourth-order valence-corrected chi connectivity index (χ4v) is 4.21. The Hall–Kier alpha value is -0.0831. The zero-order valence-corrected chi connectivity index (χ0v) is 10.9. The minimum absolute atomic E-state index is 0.990. The molecule has 0 amide bonds. The van der Waals surface area contributed by atoms with Gasteiger partial charge in [0.1, 0.15) is 0 Å². The molecule has 0 saturated carbocycles. The number of hydrogen-bond donors (Lipinski definition) is 0. The zero-order chi connectivity index (χ0) is 10.3. The molecule has 0 saturated heterocycles. The Labute approximate surface area is 84.8 Å². The number of hydrogen-bond acceptors (Lipinski definition) is 1. The van der Waals surface area contributed by atoms with Gasteiger partial charge in [-0.05, 0) is 32.2 Å². The Kier molecular flexibility index (Phi) is 6.34. The highest BCUT2D eigenvalue weighted by Crippen LogP contribution is 2.11. The minimum Gasteiger partial charge on any atom is -0.307 e. The first-order chi connectivity index (χ1) is 6.05. The lowest BCUT2D eigenvalue weighted by Crippen LogP contribution is -2.42. The highest BCUT2D eigenvalue weighted by molar-refractivity contribution is 6.78. The molecule has 0 bridgehead atoms. The van der Waals surface area contributed by atoms with E-state index in [1.165, 1.54) is 25.3 Å². The van der Waals surface area contributed by atoms with Crippen LogP contribution in [0.1, 0.15) is 20.8 Å². The maximum Gasteiger partial charge on any atom is 0.0666 e. The van der Waals surface area contributed by atoms with Crippen LogP contribution in [-0.2, 0) is 0 Å². The first kappa shape index (κ1) is 12.9. The third-order valence-corrected chi connectivity index (χ3v) is 5.10. The molecular weight excluding hydrogens is 174 g/mol. The highest BCUT2D eigenvalue weighted by atomic mass is 28.3. The standard InChI is InChI=1S/C11H25NSi/c1-6-9-10-13(4,5)11-12(7-2)8-3/h6,9H,7-8,10-11H2,1-5H3. The van der Waals surface area contributed by atoms with E-state index in [1.54, 1.807) is 0 Å². The van der Waals surface area contributed by atoms with Gasteiger partial charge in [0, 0.05) is 0 Å². The van der Waals surface area contributed by atoms with E-state index in [2.05, 4.69) is 50.9 Å². The molecule has 0 aromatic heterocycles.